The number of rotatable bonds is 12. The maximum Gasteiger partial charge on any atom is 0.306 e. The van der Waals surface area contributed by atoms with Crippen LogP contribution in [0.5, 0.6) is 0 Å². The smallest absolute Gasteiger partial charge is 0.306 e. The normalized spacial score (nSPS) is 10.7. The third-order valence-electron chi connectivity index (χ3n) is 3.44. The van der Waals surface area contributed by atoms with Crippen molar-refractivity contribution in [3.8, 4) is 0 Å². The number of hydrogen-bond acceptors (Lipinski definition) is 8. The summed E-state index contributed by atoms with van der Waals surface area (Å²) in [6, 6.07) is 0. The van der Waals surface area contributed by atoms with Crippen molar-refractivity contribution in [3.05, 3.63) is 0 Å². The standard InChI is InChI=1S/C15H28N2O6/c1-16(8-5-13(18)21-2)11-12-17(9-6-14(19)22-3)10-7-15(20)23-4/h5-12H2,1-4H3. The summed E-state index contributed by atoms with van der Waals surface area (Å²) in [6.07, 6.45) is 0.865. The number of esters is 3. The maximum absolute atomic E-state index is 11.3. The highest BCUT2D eigenvalue weighted by molar-refractivity contribution is 5.70. The second-order valence-corrected chi connectivity index (χ2v) is 5.12. The summed E-state index contributed by atoms with van der Waals surface area (Å²) < 4.78 is 13.9. The molecular weight excluding hydrogens is 304 g/mol. The quantitative estimate of drug-likeness (QED) is 0.362. The van der Waals surface area contributed by atoms with Crippen LogP contribution in [0.15, 0.2) is 0 Å². The highest BCUT2D eigenvalue weighted by atomic mass is 16.5. The molecule has 8 heteroatoms. The molecule has 0 aromatic rings. The Morgan fingerprint density at radius 1 is 0.652 bits per heavy atom. The number of carbonyl (C=O) groups is 3. The number of likely N-dealkylation sites (N-methyl/N-ethyl adjacent to an activating group) is 1. The molecule has 0 aliphatic heterocycles. The minimum Gasteiger partial charge on any atom is -0.469 e. The van der Waals surface area contributed by atoms with Crippen LogP contribution in [-0.2, 0) is 28.6 Å². The van der Waals surface area contributed by atoms with Crippen LogP contribution in [-0.4, -0.2) is 88.8 Å². The van der Waals surface area contributed by atoms with E-state index in [2.05, 4.69) is 14.2 Å². The van der Waals surface area contributed by atoms with Crippen molar-refractivity contribution in [1.29, 1.82) is 0 Å². The van der Waals surface area contributed by atoms with Gasteiger partial charge in [-0.2, -0.15) is 0 Å². The van der Waals surface area contributed by atoms with Crippen LogP contribution in [0.25, 0.3) is 0 Å². The lowest BCUT2D eigenvalue weighted by atomic mass is 10.3. The lowest BCUT2D eigenvalue weighted by Gasteiger charge is -2.24. The zero-order valence-electron chi connectivity index (χ0n) is 14.5. The molecule has 0 aliphatic carbocycles. The van der Waals surface area contributed by atoms with Crippen molar-refractivity contribution < 1.29 is 28.6 Å². The summed E-state index contributed by atoms with van der Waals surface area (Å²) in [4.78, 5) is 37.6. The number of ether oxygens (including phenoxy) is 3. The fourth-order valence-corrected chi connectivity index (χ4v) is 1.85. The first-order valence-electron chi connectivity index (χ1n) is 7.54. The Hall–Kier alpha value is -1.67. The Morgan fingerprint density at radius 2 is 1.04 bits per heavy atom. The first-order chi connectivity index (χ1) is 10.9. The summed E-state index contributed by atoms with van der Waals surface area (Å²) in [5, 5.41) is 0. The molecule has 0 spiro atoms. The van der Waals surface area contributed by atoms with Gasteiger partial charge in [-0.15, -0.1) is 0 Å². The Kier molecular flexibility index (Phi) is 11.9. The Bertz CT molecular complexity index is 355. The van der Waals surface area contributed by atoms with Gasteiger partial charge in [0, 0.05) is 32.7 Å². The van der Waals surface area contributed by atoms with E-state index in [0.717, 1.165) is 0 Å². The van der Waals surface area contributed by atoms with Gasteiger partial charge in [0.2, 0.25) is 0 Å². The molecule has 0 fully saturated rings. The van der Waals surface area contributed by atoms with E-state index >= 15 is 0 Å². The van der Waals surface area contributed by atoms with E-state index in [-0.39, 0.29) is 30.7 Å². The highest BCUT2D eigenvalue weighted by Gasteiger charge is 2.12. The minimum atomic E-state index is -0.285. The molecular formula is C15H28N2O6. The molecule has 0 saturated carbocycles. The summed E-state index contributed by atoms with van der Waals surface area (Å²) in [5.41, 5.74) is 0. The third-order valence-corrected chi connectivity index (χ3v) is 3.44. The van der Waals surface area contributed by atoms with Crippen LogP contribution in [0, 0.1) is 0 Å². The highest BCUT2D eigenvalue weighted by Crippen LogP contribution is 1.99. The average Bonchev–Trinajstić information content (AvgIpc) is 2.57. The molecule has 0 radical (unpaired) electrons. The zero-order chi connectivity index (χ0) is 17.7. The number of methoxy groups -OCH3 is 3. The Morgan fingerprint density at radius 3 is 1.43 bits per heavy atom. The first kappa shape index (κ1) is 21.3. The fourth-order valence-electron chi connectivity index (χ4n) is 1.85. The molecule has 0 aliphatic rings. The predicted molar refractivity (Wildman–Crippen MR) is 83.8 cm³/mol. The summed E-state index contributed by atoms with van der Waals surface area (Å²) >= 11 is 0. The van der Waals surface area contributed by atoms with Crippen molar-refractivity contribution in [2.75, 3.05) is 61.1 Å². The molecule has 0 amide bonds. The van der Waals surface area contributed by atoms with E-state index < -0.39 is 0 Å². The van der Waals surface area contributed by atoms with Gasteiger partial charge < -0.3 is 24.0 Å². The molecule has 0 bridgehead atoms. The second-order valence-electron chi connectivity index (χ2n) is 5.12. The van der Waals surface area contributed by atoms with Crippen molar-refractivity contribution in [2.24, 2.45) is 0 Å². The van der Waals surface area contributed by atoms with Gasteiger partial charge in [0.1, 0.15) is 0 Å². The van der Waals surface area contributed by atoms with Gasteiger partial charge in [0.05, 0.1) is 40.6 Å². The van der Waals surface area contributed by atoms with E-state index in [1.165, 1.54) is 21.3 Å². The van der Waals surface area contributed by atoms with Gasteiger partial charge >= 0.3 is 17.9 Å². The molecule has 0 atom stereocenters. The number of hydrogen-bond donors (Lipinski definition) is 0. The van der Waals surface area contributed by atoms with Gasteiger partial charge in [0.25, 0.3) is 0 Å². The van der Waals surface area contributed by atoms with Gasteiger partial charge in [-0.1, -0.05) is 0 Å². The van der Waals surface area contributed by atoms with E-state index in [1.807, 2.05) is 16.8 Å². The molecule has 8 nitrogen and oxygen atoms in total. The van der Waals surface area contributed by atoms with Crippen LogP contribution >= 0.6 is 0 Å². The molecule has 0 heterocycles. The largest absolute Gasteiger partial charge is 0.469 e. The zero-order valence-corrected chi connectivity index (χ0v) is 14.5. The van der Waals surface area contributed by atoms with Gasteiger partial charge in [-0.05, 0) is 7.05 Å². The topological polar surface area (TPSA) is 85.4 Å². The first-order valence-corrected chi connectivity index (χ1v) is 7.54. The van der Waals surface area contributed by atoms with Crippen molar-refractivity contribution in [2.45, 2.75) is 19.3 Å². The molecule has 0 aromatic carbocycles. The minimum absolute atomic E-state index is 0.245. The van der Waals surface area contributed by atoms with Gasteiger partial charge in [-0.3, -0.25) is 14.4 Å². The SMILES string of the molecule is COC(=O)CCN(C)CCN(CCC(=O)OC)CCC(=O)OC. The average molecular weight is 332 g/mol. The van der Waals surface area contributed by atoms with Gasteiger partial charge in [-0.25, -0.2) is 0 Å². The monoisotopic (exact) mass is 332 g/mol. The molecule has 0 aromatic heterocycles. The van der Waals surface area contributed by atoms with Crippen molar-refractivity contribution >= 4 is 17.9 Å². The Balaban J connectivity index is 4.23. The Labute approximate surface area is 137 Å². The van der Waals surface area contributed by atoms with E-state index in [1.54, 1.807) is 0 Å². The summed E-state index contributed by atoms with van der Waals surface area (Å²) in [6.45, 7) is 2.99. The second kappa shape index (κ2) is 12.8. The lowest BCUT2D eigenvalue weighted by Crippen LogP contribution is -2.36. The van der Waals surface area contributed by atoms with Crippen molar-refractivity contribution in [3.63, 3.8) is 0 Å². The summed E-state index contributed by atoms with van der Waals surface area (Å²) in [5.74, 6) is -0.815. The van der Waals surface area contributed by atoms with E-state index in [9.17, 15) is 14.4 Å². The van der Waals surface area contributed by atoms with Gasteiger partial charge in [0.15, 0.2) is 0 Å². The molecule has 0 unspecified atom stereocenters. The molecule has 134 valence electrons. The molecule has 23 heavy (non-hydrogen) atoms. The lowest BCUT2D eigenvalue weighted by molar-refractivity contribution is -0.142. The maximum atomic E-state index is 11.3. The third kappa shape index (κ3) is 11.5. The predicted octanol–water partition coefficient (Wildman–Crippen LogP) is -0.0905. The van der Waals surface area contributed by atoms with Crippen LogP contribution in [0.3, 0.4) is 0 Å². The number of nitrogens with zero attached hydrogens (tertiary/aromatic N) is 2. The van der Waals surface area contributed by atoms with Crippen molar-refractivity contribution in [1.82, 2.24) is 9.80 Å². The van der Waals surface area contributed by atoms with Crippen LogP contribution in [0.1, 0.15) is 19.3 Å². The number of carbonyl (C=O) groups excluding carboxylic acids is 3. The van der Waals surface area contributed by atoms with E-state index in [4.69, 9.17) is 0 Å². The summed E-state index contributed by atoms with van der Waals surface area (Å²) in [7, 11) is 5.97. The van der Waals surface area contributed by atoms with Crippen LogP contribution in [0.4, 0.5) is 0 Å². The molecule has 0 saturated heterocycles. The molecule has 0 N–H and O–H groups in total. The molecule has 0 rings (SSSR count). The fraction of sp³-hybridized carbons (Fsp3) is 0.800. The van der Waals surface area contributed by atoms with Crippen LogP contribution in [0.2, 0.25) is 0 Å². The van der Waals surface area contributed by atoms with Crippen LogP contribution < -0.4 is 0 Å². The van der Waals surface area contributed by atoms with E-state index in [0.29, 0.717) is 39.1 Å².